The van der Waals surface area contributed by atoms with Gasteiger partial charge in [-0.25, -0.2) is 4.79 Å². The van der Waals surface area contributed by atoms with E-state index in [9.17, 15) is 4.79 Å². The van der Waals surface area contributed by atoms with E-state index in [4.69, 9.17) is 4.74 Å². The Hall–Kier alpha value is -1.05. The summed E-state index contributed by atoms with van der Waals surface area (Å²) in [7, 11) is 0. The molecule has 0 aromatic rings. The van der Waals surface area contributed by atoms with E-state index < -0.39 is 0 Å². The quantitative estimate of drug-likeness (QED) is 0.228. The lowest BCUT2D eigenvalue weighted by atomic mass is 10.1. The zero-order valence-corrected chi connectivity index (χ0v) is 12.0. The van der Waals surface area contributed by atoms with Crippen LogP contribution in [0.15, 0.2) is 24.3 Å². The Morgan fingerprint density at radius 2 is 1.67 bits per heavy atom. The van der Waals surface area contributed by atoms with Crippen LogP contribution in [0.5, 0.6) is 0 Å². The summed E-state index contributed by atoms with van der Waals surface area (Å²) in [5.74, 6) is -0.222. The fraction of sp³-hybridized carbons (Fsp3) is 0.688. The van der Waals surface area contributed by atoms with Crippen LogP contribution >= 0.6 is 0 Å². The van der Waals surface area contributed by atoms with E-state index in [-0.39, 0.29) is 5.97 Å². The number of allylic oxidation sites excluding steroid dienone is 2. The van der Waals surface area contributed by atoms with Gasteiger partial charge in [0.15, 0.2) is 0 Å². The van der Waals surface area contributed by atoms with Crippen molar-refractivity contribution in [2.75, 3.05) is 6.61 Å². The molecule has 0 spiro atoms. The smallest absolute Gasteiger partial charge is 0.330 e. The zero-order valence-electron chi connectivity index (χ0n) is 12.0. The van der Waals surface area contributed by atoms with Gasteiger partial charge in [-0.3, -0.25) is 0 Å². The van der Waals surface area contributed by atoms with Gasteiger partial charge in [0.1, 0.15) is 0 Å². The van der Waals surface area contributed by atoms with E-state index in [0.29, 0.717) is 6.61 Å². The summed E-state index contributed by atoms with van der Waals surface area (Å²) in [6.07, 6.45) is 16.8. The number of hydrogen-bond acceptors (Lipinski definition) is 2. The molecule has 0 aliphatic carbocycles. The Labute approximate surface area is 112 Å². The SMILES string of the molecule is CCC/C=C/C(=O)OCC/C=C\CCCCCC. The van der Waals surface area contributed by atoms with Gasteiger partial charge in [0.05, 0.1) is 6.61 Å². The van der Waals surface area contributed by atoms with Crippen molar-refractivity contribution in [1.29, 1.82) is 0 Å². The highest BCUT2D eigenvalue weighted by Gasteiger charge is 1.93. The zero-order chi connectivity index (χ0) is 13.5. The maximum Gasteiger partial charge on any atom is 0.330 e. The molecular weight excluding hydrogens is 224 g/mol. The van der Waals surface area contributed by atoms with Crippen molar-refractivity contribution in [3.05, 3.63) is 24.3 Å². The molecule has 0 aliphatic heterocycles. The molecule has 0 rings (SSSR count). The Kier molecular flexibility index (Phi) is 13.2. The fourth-order valence-electron chi connectivity index (χ4n) is 1.55. The molecule has 2 heteroatoms. The van der Waals surface area contributed by atoms with Crippen LogP contribution in [0.1, 0.15) is 65.2 Å². The summed E-state index contributed by atoms with van der Waals surface area (Å²) >= 11 is 0. The first-order valence-electron chi connectivity index (χ1n) is 7.29. The van der Waals surface area contributed by atoms with Gasteiger partial charge in [-0.15, -0.1) is 0 Å². The summed E-state index contributed by atoms with van der Waals surface area (Å²) in [5, 5.41) is 0. The molecule has 0 aromatic carbocycles. The normalized spacial score (nSPS) is 11.4. The topological polar surface area (TPSA) is 26.3 Å². The monoisotopic (exact) mass is 252 g/mol. The molecular formula is C16H28O2. The molecule has 0 aromatic heterocycles. The number of carbonyl (C=O) groups excluding carboxylic acids is 1. The Morgan fingerprint density at radius 3 is 2.39 bits per heavy atom. The number of rotatable bonds is 11. The van der Waals surface area contributed by atoms with Crippen LogP contribution in [0.3, 0.4) is 0 Å². The standard InChI is InChI=1S/C16H28O2/c1-3-5-7-8-9-10-11-13-15-18-16(17)14-12-6-4-2/h10-12,14H,3-9,13,15H2,1-2H3/b11-10-,14-12+. The summed E-state index contributed by atoms with van der Waals surface area (Å²) < 4.78 is 5.06. The molecule has 0 fully saturated rings. The van der Waals surface area contributed by atoms with Gasteiger partial charge in [0.2, 0.25) is 0 Å². The molecule has 18 heavy (non-hydrogen) atoms. The van der Waals surface area contributed by atoms with Crippen molar-refractivity contribution < 1.29 is 9.53 Å². The lowest BCUT2D eigenvalue weighted by Gasteiger charge is -1.98. The van der Waals surface area contributed by atoms with Crippen molar-refractivity contribution in [2.45, 2.75) is 65.2 Å². The van der Waals surface area contributed by atoms with E-state index in [2.05, 4.69) is 26.0 Å². The fourth-order valence-corrected chi connectivity index (χ4v) is 1.55. The van der Waals surface area contributed by atoms with Crippen molar-refractivity contribution in [3.63, 3.8) is 0 Å². The van der Waals surface area contributed by atoms with E-state index in [1.165, 1.54) is 31.8 Å². The molecule has 2 nitrogen and oxygen atoms in total. The second-order valence-electron chi connectivity index (χ2n) is 4.47. The molecule has 0 atom stereocenters. The van der Waals surface area contributed by atoms with Crippen LogP contribution in [-0.2, 0) is 9.53 Å². The van der Waals surface area contributed by atoms with E-state index in [1.807, 2.05) is 6.08 Å². The third-order valence-corrected chi connectivity index (χ3v) is 2.63. The van der Waals surface area contributed by atoms with E-state index in [0.717, 1.165) is 25.7 Å². The van der Waals surface area contributed by atoms with Gasteiger partial charge in [0, 0.05) is 6.08 Å². The third kappa shape index (κ3) is 13.0. The predicted molar refractivity (Wildman–Crippen MR) is 77.5 cm³/mol. The minimum absolute atomic E-state index is 0.222. The van der Waals surface area contributed by atoms with E-state index in [1.54, 1.807) is 0 Å². The second kappa shape index (κ2) is 14.0. The first-order valence-corrected chi connectivity index (χ1v) is 7.29. The summed E-state index contributed by atoms with van der Waals surface area (Å²) in [5.41, 5.74) is 0. The average molecular weight is 252 g/mol. The van der Waals surface area contributed by atoms with Crippen molar-refractivity contribution >= 4 is 5.97 Å². The van der Waals surface area contributed by atoms with Crippen molar-refractivity contribution in [2.24, 2.45) is 0 Å². The molecule has 0 aliphatic rings. The largest absolute Gasteiger partial charge is 0.462 e. The Balaban J connectivity index is 3.33. The van der Waals surface area contributed by atoms with Gasteiger partial charge in [-0.2, -0.15) is 0 Å². The number of hydrogen-bond donors (Lipinski definition) is 0. The second-order valence-corrected chi connectivity index (χ2v) is 4.47. The molecule has 104 valence electrons. The maximum absolute atomic E-state index is 11.2. The van der Waals surface area contributed by atoms with Gasteiger partial charge >= 0.3 is 5.97 Å². The highest BCUT2D eigenvalue weighted by atomic mass is 16.5. The minimum atomic E-state index is -0.222. The average Bonchev–Trinajstić information content (AvgIpc) is 2.37. The van der Waals surface area contributed by atoms with Crippen LogP contribution in [-0.4, -0.2) is 12.6 Å². The summed E-state index contributed by atoms with van der Waals surface area (Å²) in [4.78, 5) is 11.2. The Morgan fingerprint density at radius 1 is 0.889 bits per heavy atom. The molecule has 0 unspecified atom stereocenters. The lowest BCUT2D eigenvalue weighted by Crippen LogP contribution is -2.01. The van der Waals surface area contributed by atoms with Gasteiger partial charge in [-0.05, 0) is 25.7 Å². The number of carbonyl (C=O) groups is 1. The first kappa shape index (κ1) is 16.9. The van der Waals surface area contributed by atoms with Gasteiger partial charge in [0.25, 0.3) is 0 Å². The predicted octanol–water partition coefficient (Wildman–Crippen LogP) is 4.80. The van der Waals surface area contributed by atoms with Gasteiger partial charge in [-0.1, -0.05) is 57.8 Å². The summed E-state index contributed by atoms with van der Waals surface area (Å²) in [6.45, 7) is 4.79. The lowest BCUT2D eigenvalue weighted by molar-refractivity contribution is -0.137. The molecule has 0 bridgehead atoms. The van der Waals surface area contributed by atoms with Crippen molar-refractivity contribution in [1.82, 2.24) is 0 Å². The molecule has 0 saturated carbocycles. The molecule has 0 N–H and O–H groups in total. The number of ether oxygens (including phenoxy) is 1. The van der Waals surface area contributed by atoms with Crippen LogP contribution in [0.4, 0.5) is 0 Å². The van der Waals surface area contributed by atoms with Gasteiger partial charge < -0.3 is 4.74 Å². The van der Waals surface area contributed by atoms with Crippen LogP contribution in [0.25, 0.3) is 0 Å². The van der Waals surface area contributed by atoms with Crippen LogP contribution in [0.2, 0.25) is 0 Å². The first-order chi connectivity index (χ1) is 8.81. The Bertz CT molecular complexity index is 241. The summed E-state index contributed by atoms with van der Waals surface area (Å²) in [6, 6.07) is 0. The highest BCUT2D eigenvalue weighted by Crippen LogP contribution is 2.03. The van der Waals surface area contributed by atoms with Crippen LogP contribution < -0.4 is 0 Å². The third-order valence-electron chi connectivity index (χ3n) is 2.63. The molecule has 0 radical (unpaired) electrons. The molecule has 0 saturated heterocycles. The minimum Gasteiger partial charge on any atom is -0.462 e. The highest BCUT2D eigenvalue weighted by molar-refractivity contribution is 5.81. The number of unbranched alkanes of at least 4 members (excludes halogenated alkanes) is 5. The molecule has 0 amide bonds. The van der Waals surface area contributed by atoms with Crippen molar-refractivity contribution in [3.8, 4) is 0 Å². The number of esters is 1. The molecule has 0 heterocycles. The van der Waals surface area contributed by atoms with E-state index >= 15 is 0 Å². The van der Waals surface area contributed by atoms with Crippen LogP contribution in [0, 0.1) is 0 Å². The maximum atomic E-state index is 11.2.